The molecule has 74 valence electrons. The minimum atomic E-state index is -1.34. The predicted molar refractivity (Wildman–Crippen MR) is 43.4 cm³/mol. The number of rotatable bonds is 6. The van der Waals surface area contributed by atoms with Crippen molar-refractivity contribution in [1.82, 2.24) is 0 Å². The molecule has 0 aromatic carbocycles. The summed E-state index contributed by atoms with van der Waals surface area (Å²) in [6.07, 6.45) is -0.725. The Morgan fingerprint density at radius 2 is 1.75 bits per heavy atom. The molecule has 0 aliphatic carbocycles. The van der Waals surface area contributed by atoms with Crippen LogP contribution in [0, 0.1) is 0 Å². The van der Waals surface area contributed by atoms with Crippen molar-refractivity contribution in [2.75, 3.05) is 27.9 Å². The molecular weight excluding hydrogens is 162 g/mol. The zero-order valence-corrected chi connectivity index (χ0v) is 7.99. The van der Waals surface area contributed by atoms with Gasteiger partial charge < -0.3 is 18.9 Å². The van der Waals surface area contributed by atoms with Crippen LogP contribution in [0.2, 0.25) is 0 Å². The minimum Gasteiger partial charge on any atom is -0.350 e. The van der Waals surface area contributed by atoms with E-state index in [4.69, 9.17) is 24.7 Å². The molecule has 1 unspecified atom stereocenters. The molecule has 0 amide bonds. The fourth-order valence-electron chi connectivity index (χ4n) is 0.776. The molecule has 0 aromatic rings. The van der Waals surface area contributed by atoms with E-state index in [9.17, 15) is 0 Å². The Balaban J connectivity index is 4.21. The summed E-state index contributed by atoms with van der Waals surface area (Å²) in [5.74, 6) is -1.34. The van der Waals surface area contributed by atoms with Crippen molar-refractivity contribution in [3.8, 4) is 0 Å². The first kappa shape index (κ1) is 11.8. The van der Waals surface area contributed by atoms with Gasteiger partial charge in [0.15, 0.2) is 0 Å². The molecule has 0 aliphatic rings. The molecule has 0 radical (unpaired) electrons. The smallest absolute Gasteiger partial charge is 0.278 e. The van der Waals surface area contributed by atoms with Gasteiger partial charge in [0.1, 0.15) is 0 Å². The summed E-state index contributed by atoms with van der Waals surface area (Å²) in [7, 11) is 4.32. The van der Waals surface area contributed by atoms with Crippen LogP contribution in [0.4, 0.5) is 0 Å². The largest absolute Gasteiger partial charge is 0.350 e. The maximum atomic E-state index is 5.64. The number of ether oxygens (including phenoxy) is 4. The average Bonchev–Trinajstić information content (AvgIpc) is 2.13. The van der Waals surface area contributed by atoms with Crippen molar-refractivity contribution in [2.45, 2.75) is 19.1 Å². The fraction of sp³-hybridized carbons (Fsp3) is 1.00. The molecule has 1 atom stereocenters. The Morgan fingerprint density at radius 1 is 1.25 bits per heavy atom. The lowest BCUT2D eigenvalue weighted by Gasteiger charge is -2.32. The number of hydrogen-bond donors (Lipinski definition) is 1. The van der Waals surface area contributed by atoms with E-state index in [1.807, 2.05) is 6.92 Å². The Hall–Kier alpha value is -0.200. The molecule has 12 heavy (non-hydrogen) atoms. The number of hydrogen-bond acceptors (Lipinski definition) is 5. The summed E-state index contributed by atoms with van der Waals surface area (Å²) in [5, 5.41) is 0. The first-order valence-electron chi connectivity index (χ1n) is 3.68. The molecule has 5 nitrogen and oxygen atoms in total. The van der Waals surface area contributed by atoms with Gasteiger partial charge in [0.05, 0.1) is 0 Å². The maximum Gasteiger partial charge on any atom is 0.278 e. The molecule has 0 spiro atoms. The summed E-state index contributed by atoms with van der Waals surface area (Å²) in [5.41, 5.74) is 5.64. The van der Waals surface area contributed by atoms with Gasteiger partial charge in [-0.25, -0.2) is 0 Å². The molecule has 0 saturated carbocycles. The molecule has 0 bridgehead atoms. The van der Waals surface area contributed by atoms with E-state index in [-0.39, 0.29) is 0 Å². The maximum absolute atomic E-state index is 5.64. The third-order valence-electron chi connectivity index (χ3n) is 1.50. The second-order valence-electron chi connectivity index (χ2n) is 2.15. The highest BCUT2D eigenvalue weighted by molar-refractivity contribution is 4.64. The second-order valence-corrected chi connectivity index (χ2v) is 2.15. The van der Waals surface area contributed by atoms with Gasteiger partial charge in [-0.3, -0.25) is 5.73 Å². The van der Waals surface area contributed by atoms with Crippen molar-refractivity contribution in [2.24, 2.45) is 5.73 Å². The van der Waals surface area contributed by atoms with Gasteiger partial charge in [-0.05, 0) is 6.92 Å². The van der Waals surface area contributed by atoms with Crippen LogP contribution in [0.5, 0.6) is 0 Å². The zero-order valence-electron chi connectivity index (χ0n) is 7.99. The molecule has 0 saturated heterocycles. The van der Waals surface area contributed by atoms with Gasteiger partial charge in [-0.2, -0.15) is 0 Å². The minimum absolute atomic E-state index is 0.476. The van der Waals surface area contributed by atoms with Crippen molar-refractivity contribution >= 4 is 0 Å². The molecule has 0 aromatic heterocycles. The van der Waals surface area contributed by atoms with Gasteiger partial charge in [0.25, 0.3) is 5.91 Å². The first-order chi connectivity index (χ1) is 5.64. The predicted octanol–water partition coefficient (Wildman–Crippen LogP) is -0.0993. The molecule has 2 N–H and O–H groups in total. The van der Waals surface area contributed by atoms with Gasteiger partial charge in [0, 0.05) is 27.9 Å². The van der Waals surface area contributed by atoms with E-state index in [2.05, 4.69) is 0 Å². The third kappa shape index (κ3) is 2.69. The quantitative estimate of drug-likeness (QED) is 0.577. The lowest BCUT2D eigenvalue weighted by Crippen LogP contribution is -2.56. The number of methoxy groups -OCH3 is 3. The van der Waals surface area contributed by atoms with Crippen molar-refractivity contribution in [3.05, 3.63) is 0 Å². The van der Waals surface area contributed by atoms with Crippen LogP contribution < -0.4 is 5.73 Å². The van der Waals surface area contributed by atoms with E-state index >= 15 is 0 Å². The lowest BCUT2D eigenvalue weighted by atomic mass is 10.4. The van der Waals surface area contributed by atoms with Crippen LogP contribution in [0.15, 0.2) is 0 Å². The Labute approximate surface area is 72.7 Å². The van der Waals surface area contributed by atoms with Crippen molar-refractivity contribution < 1.29 is 18.9 Å². The number of nitrogens with two attached hydrogens (primary N) is 1. The highest BCUT2D eigenvalue weighted by Gasteiger charge is 2.36. The van der Waals surface area contributed by atoms with E-state index in [0.717, 1.165) is 0 Å². The van der Waals surface area contributed by atoms with Crippen LogP contribution >= 0.6 is 0 Å². The zero-order chi connectivity index (χ0) is 9.61. The Kier molecular flexibility index (Phi) is 5.36. The van der Waals surface area contributed by atoms with Crippen molar-refractivity contribution in [1.29, 1.82) is 0 Å². The van der Waals surface area contributed by atoms with E-state index in [0.29, 0.717) is 6.61 Å². The van der Waals surface area contributed by atoms with Gasteiger partial charge >= 0.3 is 0 Å². The van der Waals surface area contributed by atoms with Crippen molar-refractivity contribution in [3.63, 3.8) is 0 Å². The topological polar surface area (TPSA) is 62.9 Å². The van der Waals surface area contributed by atoms with Crippen LogP contribution in [-0.4, -0.2) is 40.1 Å². The summed E-state index contributed by atoms with van der Waals surface area (Å²) >= 11 is 0. The second kappa shape index (κ2) is 5.45. The van der Waals surface area contributed by atoms with Gasteiger partial charge in [-0.15, -0.1) is 0 Å². The summed E-state index contributed by atoms with van der Waals surface area (Å²) in [6, 6.07) is 0. The molecule has 5 heteroatoms. The average molecular weight is 179 g/mol. The highest BCUT2D eigenvalue weighted by Crippen LogP contribution is 2.13. The Morgan fingerprint density at radius 3 is 2.00 bits per heavy atom. The fourth-order valence-corrected chi connectivity index (χ4v) is 0.776. The lowest BCUT2D eigenvalue weighted by molar-refractivity contribution is -0.329. The van der Waals surface area contributed by atoms with E-state index in [1.165, 1.54) is 21.3 Å². The summed E-state index contributed by atoms with van der Waals surface area (Å²) in [4.78, 5) is 0. The summed E-state index contributed by atoms with van der Waals surface area (Å²) in [6.45, 7) is 2.31. The molecule has 0 heterocycles. The highest BCUT2D eigenvalue weighted by atomic mass is 16.8. The molecule has 0 fully saturated rings. The van der Waals surface area contributed by atoms with Gasteiger partial charge in [-0.1, -0.05) is 0 Å². The standard InChI is InChI=1S/C7H17NO4/c1-5-12-6(9-2)7(8,10-3)11-4/h6H,5,8H2,1-4H3. The van der Waals surface area contributed by atoms with Crippen LogP contribution in [-0.2, 0) is 18.9 Å². The monoisotopic (exact) mass is 179 g/mol. The van der Waals surface area contributed by atoms with Crippen LogP contribution in [0.3, 0.4) is 0 Å². The van der Waals surface area contributed by atoms with Crippen LogP contribution in [0.1, 0.15) is 6.92 Å². The summed E-state index contributed by atoms with van der Waals surface area (Å²) < 4.78 is 19.9. The molecule has 0 rings (SSSR count). The van der Waals surface area contributed by atoms with Gasteiger partial charge in [0.2, 0.25) is 6.29 Å². The first-order valence-corrected chi connectivity index (χ1v) is 3.68. The van der Waals surface area contributed by atoms with E-state index < -0.39 is 12.2 Å². The molecular formula is C7H17NO4. The Bertz CT molecular complexity index is 116. The SMILES string of the molecule is CCOC(OC)C(N)(OC)OC. The normalized spacial score (nSPS) is 14.8. The van der Waals surface area contributed by atoms with Crippen LogP contribution in [0.25, 0.3) is 0 Å². The third-order valence-corrected chi connectivity index (χ3v) is 1.50. The van der Waals surface area contributed by atoms with E-state index in [1.54, 1.807) is 0 Å². The molecule has 0 aliphatic heterocycles.